The van der Waals surface area contributed by atoms with Gasteiger partial charge in [0, 0.05) is 17.5 Å². The molecule has 0 atom stereocenters. The predicted octanol–water partition coefficient (Wildman–Crippen LogP) is 5.04. The lowest BCUT2D eigenvalue weighted by Crippen LogP contribution is -2.18. The minimum Gasteiger partial charge on any atom is -0.452 e. The standard InChI is InChI=1S/C22H24N2O/c1-22(2,3)14-15-7-9-16(10-8-15)18-6-4-5-17-13-19(25-20(17)18)21-23-11-12-24-21/h4-10,13H,11-12,14H2,1-3H3,(H,23,24). The third-order valence-corrected chi connectivity index (χ3v) is 4.45. The molecule has 1 N–H and O–H groups in total. The van der Waals surface area contributed by atoms with E-state index in [9.17, 15) is 0 Å². The second-order valence-corrected chi connectivity index (χ2v) is 7.93. The van der Waals surface area contributed by atoms with Gasteiger partial charge in [-0.25, -0.2) is 0 Å². The Morgan fingerprint density at radius 1 is 1.08 bits per heavy atom. The molecule has 0 bridgehead atoms. The Balaban J connectivity index is 1.71. The SMILES string of the molecule is CC(C)(C)Cc1ccc(-c2cccc3cc(C4=NCCN4)oc23)cc1. The Labute approximate surface area is 148 Å². The summed E-state index contributed by atoms with van der Waals surface area (Å²) in [5.74, 6) is 1.69. The summed E-state index contributed by atoms with van der Waals surface area (Å²) in [5, 5.41) is 4.39. The number of nitrogens with zero attached hydrogens (tertiary/aromatic N) is 1. The van der Waals surface area contributed by atoms with E-state index in [1.54, 1.807) is 0 Å². The average Bonchev–Trinajstić information content (AvgIpc) is 3.23. The van der Waals surface area contributed by atoms with E-state index in [-0.39, 0.29) is 0 Å². The van der Waals surface area contributed by atoms with E-state index in [4.69, 9.17) is 4.42 Å². The fourth-order valence-electron chi connectivity index (χ4n) is 3.38. The van der Waals surface area contributed by atoms with Crippen LogP contribution in [0.5, 0.6) is 0 Å². The van der Waals surface area contributed by atoms with Crippen LogP contribution in [0.2, 0.25) is 0 Å². The van der Waals surface area contributed by atoms with Gasteiger partial charge in [0.2, 0.25) is 0 Å². The molecule has 0 saturated heterocycles. The third kappa shape index (κ3) is 3.32. The summed E-state index contributed by atoms with van der Waals surface area (Å²) in [4.78, 5) is 4.46. The lowest BCUT2D eigenvalue weighted by Gasteiger charge is -2.18. The Hall–Kier alpha value is -2.55. The molecule has 1 aromatic heterocycles. The molecule has 0 radical (unpaired) electrons. The molecule has 2 aromatic carbocycles. The van der Waals surface area contributed by atoms with E-state index in [2.05, 4.69) is 79.6 Å². The molecule has 1 aliphatic rings. The zero-order chi connectivity index (χ0) is 17.4. The largest absolute Gasteiger partial charge is 0.452 e. The van der Waals surface area contributed by atoms with E-state index >= 15 is 0 Å². The molecule has 128 valence electrons. The smallest absolute Gasteiger partial charge is 0.170 e. The van der Waals surface area contributed by atoms with E-state index < -0.39 is 0 Å². The number of hydrogen-bond acceptors (Lipinski definition) is 3. The molecule has 4 rings (SSSR count). The van der Waals surface area contributed by atoms with Crippen molar-refractivity contribution in [3.8, 4) is 11.1 Å². The number of para-hydroxylation sites is 1. The third-order valence-electron chi connectivity index (χ3n) is 4.45. The molecule has 0 aliphatic carbocycles. The van der Waals surface area contributed by atoms with Crippen molar-refractivity contribution < 1.29 is 4.42 Å². The molecule has 25 heavy (non-hydrogen) atoms. The van der Waals surface area contributed by atoms with E-state index in [0.29, 0.717) is 5.41 Å². The fraction of sp³-hybridized carbons (Fsp3) is 0.318. The van der Waals surface area contributed by atoms with Crippen molar-refractivity contribution in [1.29, 1.82) is 0 Å². The van der Waals surface area contributed by atoms with Crippen LogP contribution < -0.4 is 5.32 Å². The Morgan fingerprint density at radius 2 is 1.88 bits per heavy atom. The lowest BCUT2D eigenvalue weighted by atomic mass is 9.87. The van der Waals surface area contributed by atoms with Crippen molar-refractivity contribution in [3.63, 3.8) is 0 Å². The molecule has 0 spiro atoms. The van der Waals surface area contributed by atoms with Gasteiger partial charge in [-0.05, 0) is 29.0 Å². The van der Waals surface area contributed by atoms with Gasteiger partial charge < -0.3 is 9.73 Å². The van der Waals surface area contributed by atoms with Crippen LogP contribution in [-0.4, -0.2) is 18.9 Å². The van der Waals surface area contributed by atoms with Crippen molar-refractivity contribution in [2.24, 2.45) is 10.4 Å². The normalized spacial score (nSPS) is 14.6. The minimum absolute atomic E-state index is 0.298. The van der Waals surface area contributed by atoms with Crippen LogP contribution in [-0.2, 0) is 6.42 Å². The first-order valence-corrected chi connectivity index (χ1v) is 8.90. The van der Waals surface area contributed by atoms with Crippen LogP contribution in [0, 0.1) is 5.41 Å². The first kappa shape index (κ1) is 15.9. The van der Waals surface area contributed by atoms with Gasteiger partial charge in [-0.2, -0.15) is 0 Å². The van der Waals surface area contributed by atoms with Gasteiger partial charge in [-0.1, -0.05) is 63.2 Å². The summed E-state index contributed by atoms with van der Waals surface area (Å²) < 4.78 is 6.16. The average molecular weight is 332 g/mol. The summed E-state index contributed by atoms with van der Waals surface area (Å²) in [7, 11) is 0. The van der Waals surface area contributed by atoms with Gasteiger partial charge in [-0.3, -0.25) is 4.99 Å². The topological polar surface area (TPSA) is 37.5 Å². The summed E-state index contributed by atoms with van der Waals surface area (Å²) in [6, 6.07) is 17.2. The van der Waals surface area contributed by atoms with Crippen molar-refractivity contribution in [2.45, 2.75) is 27.2 Å². The molecule has 2 heterocycles. The van der Waals surface area contributed by atoms with Gasteiger partial charge in [0.1, 0.15) is 5.58 Å². The molecule has 3 nitrogen and oxygen atoms in total. The number of rotatable bonds is 3. The summed E-state index contributed by atoms with van der Waals surface area (Å²) in [5.41, 5.74) is 4.91. The Morgan fingerprint density at radius 3 is 2.56 bits per heavy atom. The highest BCUT2D eigenvalue weighted by Gasteiger charge is 2.16. The van der Waals surface area contributed by atoms with E-state index in [0.717, 1.165) is 47.6 Å². The lowest BCUT2D eigenvalue weighted by molar-refractivity contribution is 0.411. The predicted molar refractivity (Wildman–Crippen MR) is 104 cm³/mol. The molecule has 0 unspecified atom stereocenters. The van der Waals surface area contributed by atoms with Crippen LogP contribution in [0.4, 0.5) is 0 Å². The van der Waals surface area contributed by atoms with Crippen LogP contribution in [0.1, 0.15) is 32.1 Å². The second kappa shape index (κ2) is 6.07. The number of nitrogens with one attached hydrogen (secondary N) is 1. The van der Waals surface area contributed by atoms with Crippen molar-refractivity contribution in [1.82, 2.24) is 5.32 Å². The highest BCUT2D eigenvalue weighted by atomic mass is 16.3. The van der Waals surface area contributed by atoms with Gasteiger partial charge >= 0.3 is 0 Å². The van der Waals surface area contributed by atoms with Gasteiger partial charge in [0.15, 0.2) is 11.6 Å². The fourth-order valence-corrected chi connectivity index (χ4v) is 3.38. The van der Waals surface area contributed by atoms with Crippen LogP contribution >= 0.6 is 0 Å². The Bertz CT molecular complexity index is 927. The quantitative estimate of drug-likeness (QED) is 0.730. The second-order valence-electron chi connectivity index (χ2n) is 7.93. The molecule has 0 amide bonds. The van der Waals surface area contributed by atoms with Crippen LogP contribution in [0.15, 0.2) is 57.9 Å². The molecule has 3 heteroatoms. The number of amidine groups is 1. The molecule has 0 saturated carbocycles. The number of furan rings is 1. The maximum absolute atomic E-state index is 6.16. The monoisotopic (exact) mass is 332 g/mol. The van der Waals surface area contributed by atoms with Crippen molar-refractivity contribution in [2.75, 3.05) is 13.1 Å². The first-order valence-electron chi connectivity index (χ1n) is 8.90. The van der Waals surface area contributed by atoms with Crippen molar-refractivity contribution in [3.05, 3.63) is 59.9 Å². The zero-order valence-corrected chi connectivity index (χ0v) is 15.1. The summed E-state index contributed by atoms with van der Waals surface area (Å²) >= 11 is 0. The highest BCUT2D eigenvalue weighted by molar-refractivity contribution is 6.03. The number of benzene rings is 2. The minimum atomic E-state index is 0.298. The Kier molecular flexibility index (Phi) is 3.87. The highest BCUT2D eigenvalue weighted by Crippen LogP contribution is 2.32. The van der Waals surface area contributed by atoms with Crippen LogP contribution in [0.25, 0.3) is 22.1 Å². The first-order chi connectivity index (χ1) is 12.0. The zero-order valence-electron chi connectivity index (χ0n) is 15.1. The van der Waals surface area contributed by atoms with Crippen LogP contribution in [0.3, 0.4) is 0 Å². The van der Waals surface area contributed by atoms with Gasteiger partial charge in [0.05, 0.1) is 6.54 Å². The number of fused-ring (bicyclic) bond motifs is 1. The summed E-state index contributed by atoms with van der Waals surface area (Å²) in [6.07, 6.45) is 1.08. The van der Waals surface area contributed by atoms with E-state index in [1.165, 1.54) is 11.1 Å². The maximum atomic E-state index is 6.16. The van der Waals surface area contributed by atoms with E-state index in [1.807, 2.05) is 0 Å². The van der Waals surface area contributed by atoms with Gasteiger partial charge in [0.25, 0.3) is 0 Å². The molecule has 0 fully saturated rings. The van der Waals surface area contributed by atoms with Crippen molar-refractivity contribution >= 4 is 16.8 Å². The molecule has 1 aliphatic heterocycles. The molecular weight excluding hydrogens is 308 g/mol. The number of aliphatic imine (C=N–C) groups is 1. The maximum Gasteiger partial charge on any atom is 0.170 e. The molecule has 3 aromatic rings. The number of hydrogen-bond donors (Lipinski definition) is 1. The molecular formula is C22H24N2O. The summed E-state index contributed by atoms with van der Waals surface area (Å²) in [6.45, 7) is 8.51. The van der Waals surface area contributed by atoms with Gasteiger partial charge in [-0.15, -0.1) is 0 Å².